The van der Waals surface area contributed by atoms with Gasteiger partial charge < -0.3 is 9.64 Å². The monoisotopic (exact) mass is 372 g/mol. The number of nitriles is 1. The fourth-order valence-electron chi connectivity index (χ4n) is 3.03. The van der Waals surface area contributed by atoms with E-state index in [4.69, 9.17) is 4.74 Å². The van der Waals surface area contributed by atoms with Crippen LogP contribution >= 0.6 is 12.4 Å². The van der Waals surface area contributed by atoms with Crippen molar-refractivity contribution in [1.82, 2.24) is 4.90 Å². The number of likely N-dealkylation sites (N-methyl/N-ethyl adjacent to an activating group) is 1. The van der Waals surface area contributed by atoms with E-state index in [2.05, 4.69) is 43.9 Å². The van der Waals surface area contributed by atoms with Gasteiger partial charge in [0.1, 0.15) is 12.4 Å². The summed E-state index contributed by atoms with van der Waals surface area (Å²) >= 11 is 0. The molecule has 0 saturated carbocycles. The van der Waals surface area contributed by atoms with Gasteiger partial charge in [-0.1, -0.05) is 63.2 Å². The fraction of sp³-hybridized carbons (Fsp3) is 0.409. The molecule has 0 bridgehead atoms. The highest BCUT2D eigenvalue weighted by Gasteiger charge is 2.20. The molecule has 2 aromatic carbocycles. The highest BCUT2D eigenvalue weighted by Crippen LogP contribution is 2.32. The van der Waals surface area contributed by atoms with Gasteiger partial charge in [-0.2, -0.15) is 5.26 Å². The van der Waals surface area contributed by atoms with Crippen molar-refractivity contribution in [3.63, 3.8) is 0 Å². The molecule has 0 aliphatic heterocycles. The third kappa shape index (κ3) is 6.05. The van der Waals surface area contributed by atoms with Crippen molar-refractivity contribution < 1.29 is 4.74 Å². The van der Waals surface area contributed by atoms with Gasteiger partial charge in [-0.3, -0.25) is 0 Å². The van der Waals surface area contributed by atoms with E-state index in [-0.39, 0.29) is 24.2 Å². The Kier molecular flexibility index (Phi) is 9.80. The molecule has 0 saturated heterocycles. The number of benzene rings is 2. The third-order valence-electron chi connectivity index (χ3n) is 4.77. The first-order valence-electron chi connectivity index (χ1n) is 9.09. The van der Waals surface area contributed by atoms with Crippen molar-refractivity contribution in [3.8, 4) is 11.8 Å². The molecule has 26 heavy (non-hydrogen) atoms. The molecule has 0 N–H and O–H groups in total. The van der Waals surface area contributed by atoms with E-state index in [1.165, 1.54) is 5.56 Å². The average Bonchev–Trinajstić information content (AvgIpc) is 2.67. The smallest absolute Gasteiger partial charge is 0.119 e. The first-order chi connectivity index (χ1) is 12.2. The topological polar surface area (TPSA) is 36.3 Å². The van der Waals surface area contributed by atoms with Gasteiger partial charge in [-0.05, 0) is 36.3 Å². The van der Waals surface area contributed by atoms with Gasteiger partial charge in [0.15, 0.2) is 0 Å². The van der Waals surface area contributed by atoms with Gasteiger partial charge in [0.05, 0.1) is 12.0 Å². The third-order valence-corrected chi connectivity index (χ3v) is 4.77. The maximum Gasteiger partial charge on any atom is 0.119 e. The van der Waals surface area contributed by atoms with Crippen LogP contribution in [0.15, 0.2) is 54.6 Å². The van der Waals surface area contributed by atoms with E-state index < -0.39 is 0 Å². The molecule has 2 atom stereocenters. The number of halogens is 1. The Morgan fingerprint density at radius 2 is 1.58 bits per heavy atom. The average molecular weight is 373 g/mol. The molecule has 0 aliphatic carbocycles. The molecule has 0 spiro atoms. The molecular weight excluding hydrogens is 344 g/mol. The van der Waals surface area contributed by atoms with Crippen LogP contribution in [0.3, 0.4) is 0 Å². The van der Waals surface area contributed by atoms with Gasteiger partial charge in [-0.25, -0.2) is 0 Å². The second kappa shape index (κ2) is 11.6. The number of rotatable bonds is 9. The van der Waals surface area contributed by atoms with Crippen molar-refractivity contribution in [2.75, 3.05) is 26.2 Å². The predicted octanol–water partition coefficient (Wildman–Crippen LogP) is 5.24. The summed E-state index contributed by atoms with van der Waals surface area (Å²) in [4.78, 5) is 2.33. The highest BCUT2D eigenvalue weighted by molar-refractivity contribution is 5.85. The van der Waals surface area contributed by atoms with E-state index in [0.717, 1.165) is 30.9 Å². The highest BCUT2D eigenvalue weighted by atomic mass is 35.5. The lowest BCUT2D eigenvalue weighted by Gasteiger charge is -2.20. The van der Waals surface area contributed by atoms with Crippen LogP contribution in [0.2, 0.25) is 0 Å². The summed E-state index contributed by atoms with van der Waals surface area (Å²) in [5, 5.41) is 9.65. The number of hydrogen-bond acceptors (Lipinski definition) is 3. The summed E-state index contributed by atoms with van der Waals surface area (Å²) in [7, 11) is 0. The lowest BCUT2D eigenvalue weighted by molar-refractivity contribution is 0.223. The van der Waals surface area contributed by atoms with Crippen LogP contribution < -0.4 is 4.74 Å². The Morgan fingerprint density at radius 3 is 2.12 bits per heavy atom. The SMILES string of the molecule is CCN(CC)CCOc1ccc(C(C#N)C(C)c2ccccc2)cc1.Cl. The van der Waals surface area contributed by atoms with Gasteiger partial charge in [-0.15, -0.1) is 12.4 Å². The molecule has 0 aromatic heterocycles. The Morgan fingerprint density at radius 1 is 0.962 bits per heavy atom. The van der Waals surface area contributed by atoms with Crippen molar-refractivity contribution in [3.05, 3.63) is 65.7 Å². The molecule has 4 heteroatoms. The van der Waals surface area contributed by atoms with Crippen LogP contribution in [0, 0.1) is 11.3 Å². The maximum atomic E-state index is 9.65. The molecule has 3 nitrogen and oxygen atoms in total. The minimum Gasteiger partial charge on any atom is -0.492 e. The van der Waals surface area contributed by atoms with Crippen molar-refractivity contribution in [2.45, 2.75) is 32.6 Å². The van der Waals surface area contributed by atoms with Gasteiger partial charge in [0, 0.05) is 12.5 Å². The Hall–Kier alpha value is -2.02. The molecule has 2 rings (SSSR count). The van der Waals surface area contributed by atoms with Crippen molar-refractivity contribution >= 4 is 12.4 Å². The Bertz CT molecular complexity index is 663. The van der Waals surface area contributed by atoms with Crippen LogP contribution in [0.4, 0.5) is 0 Å². The van der Waals surface area contributed by atoms with E-state index >= 15 is 0 Å². The summed E-state index contributed by atoms with van der Waals surface area (Å²) in [6.45, 7) is 10.1. The van der Waals surface area contributed by atoms with Crippen molar-refractivity contribution in [1.29, 1.82) is 5.26 Å². The lowest BCUT2D eigenvalue weighted by Crippen LogP contribution is -2.27. The predicted molar refractivity (Wildman–Crippen MR) is 110 cm³/mol. The van der Waals surface area contributed by atoms with E-state index in [9.17, 15) is 5.26 Å². The van der Waals surface area contributed by atoms with Crippen LogP contribution in [-0.4, -0.2) is 31.1 Å². The van der Waals surface area contributed by atoms with Gasteiger partial charge in [0.2, 0.25) is 0 Å². The van der Waals surface area contributed by atoms with Crippen LogP contribution in [-0.2, 0) is 0 Å². The number of hydrogen-bond donors (Lipinski definition) is 0. The molecule has 0 fully saturated rings. The van der Waals surface area contributed by atoms with Gasteiger partial charge >= 0.3 is 0 Å². The normalized spacial score (nSPS) is 12.7. The molecule has 0 amide bonds. The minimum absolute atomic E-state index is 0. The zero-order chi connectivity index (χ0) is 18.1. The molecular formula is C22H29ClN2O. The zero-order valence-corrected chi connectivity index (χ0v) is 16.7. The molecule has 2 unspecified atom stereocenters. The zero-order valence-electron chi connectivity index (χ0n) is 15.9. The van der Waals surface area contributed by atoms with Gasteiger partial charge in [0.25, 0.3) is 0 Å². The van der Waals surface area contributed by atoms with E-state index in [1.54, 1.807) is 0 Å². The standard InChI is InChI=1S/C22H28N2O.ClH/c1-4-24(5-2)15-16-25-21-13-11-20(12-14-21)22(17-23)18(3)19-9-7-6-8-10-19;/h6-14,18,22H,4-5,15-16H2,1-3H3;1H. The summed E-state index contributed by atoms with van der Waals surface area (Å²) in [5.74, 6) is 0.854. The van der Waals surface area contributed by atoms with E-state index in [1.807, 2.05) is 42.5 Å². The number of ether oxygens (including phenoxy) is 1. The minimum atomic E-state index is -0.160. The molecule has 0 heterocycles. The second-order valence-corrected chi connectivity index (χ2v) is 6.25. The van der Waals surface area contributed by atoms with Crippen LogP contribution in [0.5, 0.6) is 5.75 Å². The first-order valence-corrected chi connectivity index (χ1v) is 9.09. The summed E-state index contributed by atoms with van der Waals surface area (Å²) in [6.07, 6.45) is 0. The fourth-order valence-corrected chi connectivity index (χ4v) is 3.03. The molecule has 0 radical (unpaired) electrons. The molecule has 0 aliphatic rings. The summed E-state index contributed by atoms with van der Waals surface area (Å²) < 4.78 is 5.83. The Balaban J connectivity index is 0.00000338. The lowest BCUT2D eigenvalue weighted by atomic mass is 9.84. The van der Waals surface area contributed by atoms with Crippen LogP contribution in [0.1, 0.15) is 43.7 Å². The maximum absolute atomic E-state index is 9.65. The summed E-state index contributed by atoms with van der Waals surface area (Å²) in [5.41, 5.74) is 2.23. The molecule has 2 aromatic rings. The quantitative estimate of drug-likeness (QED) is 0.603. The second-order valence-electron chi connectivity index (χ2n) is 6.25. The van der Waals surface area contributed by atoms with Crippen molar-refractivity contribution in [2.24, 2.45) is 0 Å². The molecule has 140 valence electrons. The first kappa shape index (κ1) is 22.0. The van der Waals surface area contributed by atoms with E-state index in [0.29, 0.717) is 6.61 Å². The Labute approximate surface area is 164 Å². The largest absolute Gasteiger partial charge is 0.492 e. The number of nitrogens with zero attached hydrogens (tertiary/aromatic N) is 2. The van der Waals surface area contributed by atoms with Crippen LogP contribution in [0.25, 0.3) is 0 Å². The summed E-state index contributed by atoms with van der Waals surface area (Å²) in [6, 6.07) is 20.6.